The summed E-state index contributed by atoms with van der Waals surface area (Å²) in [5.74, 6) is 0.576. The lowest BCUT2D eigenvalue weighted by Gasteiger charge is -2.04. The Balaban J connectivity index is 0.000000593. The molecule has 0 fully saturated rings. The zero-order chi connectivity index (χ0) is 17.1. The zero-order valence-corrected chi connectivity index (χ0v) is 14.5. The van der Waals surface area contributed by atoms with Crippen molar-refractivity contribution in [3.8, 4) is 5.75 Å². The van der Waals surface area contributed by atoms with Crippen LogP contribution >= 0.6 is 0 Å². The number of aryl methyl sites for hydroxylation is 1. The van der Waals surface area contributed by atoms with Gasteiger partial charge < -0.3 is 4.89 Å². The van der Waals surface area contributed by atoms with Gasteiger partial charge in [0.2, 0.25) is 0 Å². The maximum absolute atomic E-state index is 12.2. The van der Waals surface area contributed by atoms with Crippen LogP contribution in [0.15, 0.2) is 48.5 Å². The Labute approximate surface area is 139 Å². The van der Waals surface area contributed by atoms with E-state index < -0.39 is 0 Å². The first-order chi connectivity index (χ1) is 11.2. The molecule has 0 heterocycles. The van der Waals surface area contributed by atoms with Gasteiger partial charge in [-0.1, -0.05) is 57.9 Å². The van der Waals surface area contributed by atoms with E-state index in [0.29, 0.717) is 16.9 Å². The van der Waals surface area contributed by atoms with Crippen molar-refractivity contribution in [2.75, 3.05) is 7.11 Å². The summed E-state index contributed by atoms with van der Waals surface area (Å²) >= 11 is 0. The van der Waals surface area contributed by atoms with E-state index >= 15 is 0 Å². The van der Waals surface area contributed by atoms with Crippen LogP contribution in [0.4, 0.5) is 0 Å². The fourth-order valence-corrected chi connectivity index (χ4v) is 1.82. The Morgan fingerprint density at radius 1 is 0.826 bits per heavy atom. The van der Waals surface area contributed by atoms with Gasteiger partial charge in [-0.3, -0.25) is 4.79 Å². The molecule has 0 N–H and O–H groups in total. The number of hydrogen-bond acceptors (Lipinski definition) is 3. The minimum Gasteiger partial charge on any atom is -0.338 e. The maximum atomic E-state index is 12.2. The SMILES string of the molecule is CCCC.CCc1ccc(C(=O)c2ccc(OOC)cc2)cc1. The van der Waals surface area contributed by atoms with E-state index in [1.54, 1.807) is 24.3 Å². The predicted octanol–water partition coefficient (Wildman–Crippen LogP) is 5.23. The van der Waals surface area contributed by atoms with E-state index in [0.717, 1.165) is 6.42 Å². The molecular formula is C20H26O3. The highest BCUT2D eigenvalue weighted by Gasteiger charge is 2.09. The van der Waals surface area contributed by atoms with Gasteiger partial charge >= 0.3 is 0 Å². The molecule has 0 saturated carbocycles. The molecule has 23 heavy (non-hydrogen) atoms. The number of carbonyl (C=O) groups excluding carboxylic acids is 1. The first-order valence-corrected chi connectivity index (χ1v) is 8.10. The van der Waals surface area contributed by atoms with Gasteiger partial charge in [0, 0.05) is 11.1 Å². The lowest BCUT2D eigenvalue weighted by molar-refractivity contribution is -0.178. The summed E-state index contributed by atoms with van der Waals surface area (Å²) in [6.45, 7) is 6.45. The average molecular weight is 314 g/mol. The molecule has 124 valence electrons. The van der Waals surface area contributed by atoms with Crippen LogP contribution < -0.4 is 4.89 Å². The quantitative estimate of drug-likeness (QED) is 0.416. The normalized spacial score (nSPS) is 9.74. The van der Waals surface area contributed by atoms with Crippen LogP contribution in [0, 0.1) is 0 Å². The van der Waals surface area contributed by atoms with Crippen molar-refractivity contribution in [1.82, 2.24) is 0 Å². The first-order valence-electron chi connectivity index (χ1n) is 8.10. The monoisotopic (exact) mass is 314 g/mol. The van der Waals surface area contributed by atoms with Gasteiger partial charge in [-0.2, -0.15) is 4.89 Å². The number of ketones is 1. The molecule has 2 aromatic rings. The zero-order valence-electron chi connectivity index (χ0n) is 14.5. The highest BCUT2D eigenvalue weighted by Crippen LogP contribution is 2.16. The van der Waals surface area contributed by atoms with Gasteiger partial charge in [0.1, 0.15) is 0 Å². The van der Waals surface area contributed by atoms with Crippen LogP contribution in [0.2, 0.25) is 0 Å². The molecule has 0 bridgehead atoms. The largest absolute Gasteiger partial charge is 0.338 e. The Kier molecular flexibility index (Phi) is 8.70. The molecule has 0 spiro atoms. The number of unbranched alkanes of at least 4 members (excludes halogenated alkanes) is 1. The first kappa shape index (κ1) is 18.9. The van der Waals surface area contributed by atoms with E-state index in [2.05, 4.69) is 25.7 Å². The smallest absolute Gasteiger partial charge is 0.193 e. The Morgan fingerprint density at radius 3 is 1.70 bits per heavy atom. The van der Waals surface area contributed by atoms with Gasteiger partial charge in [0.15, 0.2) is 11.5 Å². The van der Waals surface area contributed by atoms with Gasteiger partial charge in [-0.05, 0) is 36.2 Å². The second kappa shape index (κ2) is 10.6. The third-order valence-corrected chi connectivity index (χ3v) is 3.42. The highest BCUT2D eigenvalue weighted by molar-refractivity contribution is 6.09. The van der Waals surface area contributed by atoms with Gasteiger partial charge in [-0.15, -0.1) is 0 Å². The molecule has 0 aliphatic carbocycles. The van der Waals surface area contributed by atoms with Crippen LogP contribution in [0.5, 0.6) is 5.75 Å². The molecule has 0 amide bonds. The highest BCUT2D eigenvalue weighted by atomic mass is 17.2. The maximum Gasteiger partial charge on any atom is 0.193 e. The fourth-order valence-electron chi connectivity index (χ4n) is 1.82. The van der Waals surface area contributed by atoms with Gasteiger partial charge in [0.05, 0.1) is 7.11 Å². The number of hydrogen-bond donors (Lipinski definition) is 0. The number of rotatable bonds is 6. The second-order valence-corrected chi connectivity index (χ2v) is 5.15. The summed E-state index contributed by atoms with van der Waals surface area (Å²) < 4.78 is 0. The van der Waals surface area contributed by atoms with Crippen LogP contribution in [-0.2, 0) is 11.3 Å². The van der Waals surface area contributed by atoms with Crippen LogP contribution in [-0.4, -0.2) is 12.9 Å². The van der Waals surface area contributed by atoms with Gasteiger partial charge in [0.25, 0.3) is 0 Å². The summed E-state index contributed by atoms with van der Waals surface area (Å²) in [6.07, 6.45) is 3.61. The van der Waals surface area contributed by atoms with E-state index in [1.807, 2.05) is 24.3 Å². The minimum atomic E-state index is 0.00613. The summed E-state index contributed by atoms with van der Waals surface area (Å²) in [4.78, 5) is 21.7. The molecule has 0 radical (unpaired) electrons. The fraction of sp³-hybridized carbons (Fsp3) is 0.350. The lowest BCUT2D eigenvalue weighted by atomic mass is 10.0. The minimum absolute atomic E-state index is 0.00613. The molecule has 0 aromatic heterocycles. The average Bonchev–Trinajstić information content (AvgIpc) is 2.62. The molecule has 3 nitrogen and oxygen atoms in total. The van der Waals surface area contributed by atoms with E-state index in [1.165, 1.54) is 25.5 Å². The third-order valence-electron chi connectivity index (χ3n) is 3.42. The van der Waals surface area contributed by atoms with Crippen molar-refractivity contribution < 1.29 is 14.6 Å². The standard InChI is InChI=1S/C16H16O3.C4H10/c1-3-12-4-6-13(7-5-12)16(17)14-8-10-15(11-9-14)19-18-2;1-3-4-2/h4-11H,3H2,1-2H3;3-4H2,1-2H3. The van der Waals surface area contributed by atoms with Crippen molar-refractivity contribution in [1.29, 1.82) is 0 Å². The molecule has 0 aliphatic rings. The summed E-state index contributed by atoms with van der Waals surface area (Å²) in [7, 11) is 1.44. The molecule has 3 heteroatoms. The van der Waals surface area contributed by atoms with Crippen molar-refractivity contribution in [3.05, 3.63) is 65.2 Å². The van der Waals surface area contributed by atoms with Gasteiger partial charge in [-0.25, -0.2) is 0 Å². The summed E-state index contributed by atoms with van der Waals surface area (Å²) in [5, 5.41) is 0. The molecule has 2 aromatic carbocycles. The number of benzene rings is 2. The van der Waals surface area contributed by atoms with E-state index in [9.17, 15) is 4.79 Å². The van der Waals surface area contributed by atoms with Crippen LogP contribution in [0.25, 0.3) is 0 Å². The second-order valence-electron chi connectivity index (χ2n) is 5.15. The lowest BCUT2D eigenvalue weighted by Crippen LogP contribution is -2.01. The third kappa shape index (κ3) is 6.25. The number of carbonyl (C=O) groups is 1. The topological polar surface area (TPSA) is 35.5 Å². The molecule has 0 atom stereocenters. The predicted molar refractivity (Wildman–Crippen MR) is 93.9 cm³/mol. The summed E-state index contributed by atoms with van der Waals surface area (Å²) in [5.41, 5.74) is 2.55. The molecule has 0 unspecified atom stereocenters. The molecular weight excluding hydrogens is 288 g/mol. The molecule has 0 saturated heterocycles. The molecule has 2 rings (SSSR count). The summed E-state index contributed by atoms with van der Waals surface area (Å²) in [6, 6.07) is 14.6. The van der Waals surface area contributed by atoms with Crippen LogP contribution in [0.1, 0.15) is 55.1 Å². The Morgan fingerprint density at radius 2 is 1.30 bits per heavy atom. The van der Waals surface area contributed by atoms with Crippen molar-refractivity contribution >= 4 is 5.78 Å². The Bertz CT molecular complexity index is 569. The van der Waals surface area contributed by atoms with Crippen molar-refractivity contribution in [2.45, 2.75) is 40.0 Å². The van der Waals surface area contributed by atoms with Crippen LogP contribution in [0.3, 0.4) is 0 Å². The van der Waals surface area contributed by atoms with E-state index in [4.69, 9.17) is 4.89 Å². The van der Waals surface area contributed by atoms with E-state index in [-0.39, 0.29) is 5.78 Å². The Hall–Kier alpha value is -2.13. The van der Waals surface area contributed by atoms with Crippen molar-refractivity contribution in [3.63, 3.8) is 0 Å². The molecule has 0 aliphatic heterocycles. The van der Waals surface area contributed by atoms with Crippen molar-refractivity contribution in [2.24, 2.45) is 0 Å².